The molecule has 0 aliphatic heterocycles. The van der Waals surface area contributed by atoms with E-state index in [1.165, 1.54) is 35.1 Å². The average Bonchev–Trinajstić information content (AvgIpc) is 2.96. The monoisotopic (exact) mass is 522 g/mol. The van der Waals surface area contributed by atoms with E-state index in [2.05, 4.69) is 86.6 Å². The van der Waals surface area contributed by atoms with E-state index >= 15 is 0 Å². The molecule has 204 valence electrons. The first-order valence-corrected chi connectivity index (χ1v) is 14.4. The fourth-order valence-electron chi connectivity index (χ4n) is 4.45. The lowest BCUT2D eigenvalue weighted by Crippen LogP contribution is -1.98. The Morgan fingerprint density at radius 2 is 0.744 bits per heavy atom. The third kappa shape index (κ3) is 10.5. The van der Waals surface area contributed by atoms with Crippen molar-refractivity contribution >= 4 is 0 Å². The molecule has 4 aromatic carbocycles. The second kappa shape index (κ2) is 15.6. The Hall–Kier alpha value is -3.72. The van der Waals surface area contributed by atoms with Crippen molar-refractivity contribution in [3.05, 3.63) is 119 Å². The predicted octanol–water partition coefficient (Wildman–Crippen LogP) is 9.68. The minimum absolute atomic E-state index is 0.776. The maximum atomic E-state index is 6.07. The van der Waals surface area contributed by atoms with E-state index < -0.39 is 0 Å². The van der Waals surface area contributed by atoms with Gasteiger partial charge in [-0.3, -0.25) is 0 Å². The molecule has 0 saturated heterocycles. The molecule has 0 atom stereocenters. The first-order valence-electron chi connectivity index (χ1n) is 14.4. The topological polar surface area (TPSA) is 27.7 Å². The molecule has 0 radical (unpaired) electrons. The van der Waals surface area contributed by atoms with E-state index in [1.54, 1.807) is 0 Å². The molecule has 0 spiro atoms. The number of benzene rings is 4. The molecular weight excluding hydrogens is 480 g/mol. The quantitative estimate of drug-likeness (QED) is 0.137. The van der Waals surface area contributed by atoms with Crippen molar-refractivity contribution in [2.45, 2.75) is 65.2 Å². The van der Waals surface area contributed by atoms with Crippen LogP contribution in [0, 0.1) is 13.8 Å². The highest BCUT2D eigenvalue weighted by Gasteiger charge is 2.01. The van der Waals surface area contributed by atoms with Crippen LogP contribution in [0.5, 0.6) is 23.0 Å². The van der Waals surface area contributed by atoms with E-state index in [1.807, 2.05) is 24.3 Å². The zero-order valence-electron chi connectivity index (χ0n) is 23.5. The highest BCUT2D eigenvalue weighted by atomic mass is 16.5. The molecule has 0 N–H and O–H groups in total. The Labute approximate surface area is 234 Å². The molecule has 0 aliphatic rings. The van der Waals surface area contributed by atoms with Crippen molar-refractivity contribution in [3.63, 3.8) is 0 Å². The second-order valence-corrected chi connectivity index (χ2v) is 10.3. The summed E-state index contributed by atoms with van der Waals surface area (Å²) in [6.07, 6.45) is 8.98. The third-order valence-electron chi connectivity index (χ3n) is 6.88. The molecule has 39 heavy (non-hydrogen) atoms. The minimum Gasteiger partial charge on any atom is -0.494 e. The molecule has 0 fully saturated rings. The third-order valence-corrected chi connectivity index (χ3v) is 6.88. The normalized spacial score (nSPS) is 10.8. The summed E-state index contributed by atoms with van der Waals surface area (Å²) >= 11 is 0. The van der Waals surface area contributed by atoms with Crippen molar-refractivity contribution < 1.29 is 14.2 Å². The summed E-state index contributed by atoms with van der Waals surface area (Å²) in [5.41, 5.74) is 5.22. The van der Waals surface area contributed by atoms with Crippen molar-refractivity contribution in [2.75, 3.05) is 13.2 Å². The summed E-state index contributed by atoms with van der Waals surface area (Å²) < 4.78 is 17.7. The number of rotatable bonds is 16. The molecular formula is C36H42O3. The van der Waals surface area contributed by atoms with Crippen LogP contribution in [-0.4, -0.2) is 13.2 Å². The van der Waals surface area contributed by atoms with Crippen LogP contribution < -0.4 is 14.2 Å². The number of ether oxygens (including phenoxy) is 3. The standard InChI is InChI=1S/C36H42O3/c1-29-11-19-33(20-12-29)37-27-7-3-5-9-31-15-23-35(24-16-31)39-36-25-17-32(18-26-36)10-6-4-8-28-38-34-21-13-30(2)14-22-34/h11-26H,3-10,27-28H2,1-2H3. The highest BCUT2D eigenvalue weighted by Crippen LogP contribution is 2.23. The zero-order chi connectivity index (χ0) is 27.1. The van der Waals surface area contributed by atoms with Crippen LogP contribution in [0.2, 0.25) is 0 Å². The van der Waals surface area contributed by atoms with Crippen LogP contribution in [0.25, 0.3) is 0 Å². The van der Waals surface area contributed by atoms with Crippen LogP contribution in [0.1, 0.15) is 60.8 Å². The molecule has 0 bridgehead atoms. The van der Waals surface area contributed by atoms with Crippen molar-refractivity contribution in [3.8, 4) is 23.0 Å². The Morgan fingerprint density at radius 3 is 1.13 bits per heavy atom. The summed E-state index contributed by atoms with van der Waals surface area (Å²) in [5, 5.41) is 0. The maximum Gasteiger partial charge on any atom is 0.127 e. The van der Waals surface area contributed by atoms with Crippen LogP contribution >= 0.6 is 0 Å². The van der Waals surface area contributed by atoms with Gasteiger partial charge < -0.3 is 14.2 Å². The van der Waals surface area contributed by atoms with E-state index in [-0.39, 0.29) is 0 Å². The van der Waals surface area contributed by atoms with Gasteiger partial charge in [0.25, 0.3) is 0 Å². The molecule has 0 saturated carbocycles. The van der Waals surface area contributed by atoms with E-state index in [0.29, 0.717) is 0 Å². The lowest BCUT2D eigenvalue weighted by atomic mass is 10.1. The highest BCUT2D eigenvalue weighted by molar-refractivity contribution is 5.35. The van der Waals surface area contributed by atoms with Gasteiger partial charge in [-0.2, -0.15) is 0 Å². The first kappa shape index (κ1) is 28.3. The molecule has 0 amide bonds. The number of aryl methyl sites for hydroxylation is 4. The number of hydrogen-bond acceptors (Lipinski definition) is 3. The lowest BCUT2D eigenvalue weighted by molar-refractivity contribution is 0.305. The average molecular weight is 523 g/mol. The molecule has 0 aliphatic carbocycles. The lowest BCUT2D eigenvalue weighted by Gasteiger charge is -2.09. The van der Waals surface area contributed by atoms with Gasteiger partial charge in [0, 0.05) is 0 Å². The Morgan fingerprint density at radius 1 is 0.385 bits per heavy atom. The van der Waals surface area contributed by atoms with Crippen molar-refractivity contribution in [1.82, 2.24) is 0 Å². The van der Waals surface area contributed by atoms with Gasteiger partial charge in [-0.15, -0.1) is 0 Å². The summed E-state index contributed by atoms with van der Waals surface area (Å²) in [7, 11) is 0. The number of hydrogen-bond donors (Lipinski definition) is 0. The van der Waals surface area contributed by atoms with Crippen LogP contribution in [-0.2, 0) is 12.8 Å². The van der Waals surface area contributed by atoms with Gasteiger partial charge in [-0.05, 0) is 125 Å². The maximum absolute atomic E-state index is 6.07. The fraction of sp³-hybridized carbons (Fsp3) is 0.333. The Balaban J connectivity index is 1.06. The molecule has 4 aromatic rings. The van der Waals surface area contributed by atoms with Crippen LogP contribution in [0.3, 0.4) is 0 Å². The molecule has 0 unspecified atom stereocenters. The van der Waals surface area contributed by atoms with Gasteiger partial charge >= 0.3 is 0 Å². The minimum atomic E-state index is 0.776. The fourth-order valence-corrected chi connectivity index (χ4v) is 4.45. The van der Waals surface area contributed by atoms with Crippen LogP contribution in [0.15, 0.2) is 97.1 Å². The Bertz CT molecular complexity index is 1110. The summed E-state index contributed by atoms with van der Waals surface area (Å²) in [6.45, 7) is 5.74. The van der Waals surface area contributed by atoms with Gasteiger partial charge in [0.15, 0.2) is 0 Å². The van der Waals surface area contributed by atoms with E-state index in [0.717, 1.165) is 74.7 Å². The molecule has 3 heteroatoms. The van der Waals surface area contributed by atoms with Gasteiger partial charge in [0.2, 0.25) is 0 Å². The summed E-state index contributed by atoms with van der Waals surface area (Å²) in [4.78, 5) is 0. The SMILES string of the molecule is Cc1ccc(OCCCCCc2ccc(Oc3ccc(CCCCCOc4ccc(C)cc4)cc3)cc2)cc1. The summed E-state index contributed by atoms with van der Waals surface area (Å²) in [5.74, 6) is 3.68. The van der Waals surface area contributed by atoms with Crippen LogP contribution in [0.4, 0.5) is 0 Å². The van der Waals surface area contributed by atoms with Gasteiger partial charge in [-0.1, -0.05) is 59.7 Å². The molecule has 0 aromatic heterocycles. The van der Waals surface area contributed by atoms with Crippen molar-refractivity contribution in [2.24, 2.45) is 0 Å². The zero-order valence-corrected chi connectivity index (χ0v) is 23.5. The van der Waals surface area contributed by atoms with E-state index in [9.17, 15) is 0 Å². The number of unbranched alkanes of at least 4 members (excludes halogenated alkanes) is 4. The van der Waals surface area contributed by atoms with Gasteiger partial charge in [0.05, 0.1) is 13.2 Å². The summed E-state index contributed by atoms with van der Waals surface area (Å²) in [6, 6.07) is 33.5. The first-order chi connectivity index (χ1) is 19.1. The largest absolute Gasteiger partial charge is 0.494 e. The second-order valence-electron chi connectivity index (χ2n) is 10.3. The predicted molar refractivity (Wildman–Crippen MR) is 161 cm³/mol. The molecule has 0 heterocycles. The smallest absolute Gasteiger partial charge is 0.127 e. The van der Waals surface area contributed by atoms with Gasteiger partial charge in [0.1, 0.15) is 23.0 Å². The van der Waals surface area contributed by atoms with Gasteiger partial charge in [-0.25, -0.2) is 0 Å². The van der Waals surface area contributed by atoms with Crippen molar-refractivity contribution in [1.29, 1.82) is 0 Å². The molecule has 4 rings (SSSR count). The van der Waals surface area contributed by atoms with E-state index in [4.69, 9.17) is 14.2 Å². The Kier molecular flexibility index (Phi) is 11.3. The molecule has 3 nitrogen and oxygen atoms in total.